The number of carbonyl (C=O) groups excluding carboxylic acids is 3. The fourth-order valence-electron chi connectivity index (χ4n) is 5.48. The number of anilines is 1. The highest BCUT2D eigenvalue weighted by Crippen LogP contribution is 2.40. The standard InChI is InChI=1S/C27H36N6O4/c1-15(17-8-9-21-18(10-17)11-23(35)31(21)5)28-25(36)22-12-19(34)13-32(22)26(37)24(27(2,3)4)33-14-20(29-30-33)16-6-7-16/h8-10,14-16,19,22,24,34H,6-7,11-13H2,1-5H3,(H,28,36)/t15?,19-,22+,24-/m0/s1. The molecule has 2 aromatic rings. The monoisotopic (exact) mass is 508 g/mol. The average Bonchev–Trinajstić information content (AvgIpc) is 3.32. The van der Waals surface area contributed by atoms with Crippen molar-refractivity contribution in [1.29, 1.82) is 0 Å². The Morgan fingerprint density at radius 1 is 1.22 bits per heavy atom. The van der Waals surface area contributed by atoms with Crippen LogP contribution >= 0.6 is 0 Å². The number of rotatable bonds is 6. The second-order valence-electron chi connectivity index (χ2n) is 11.8. The summed E-state index contributed by atoms with van der Waals surface area (Å²) >= 11 is 0. The number of likely N-dealkylation sites (N-methyl/N-ethyl adjacent to an activating group) is 1. The summed E-state index contributed by atoms with van der Waals surface area (Å²) < 4.78 is 1.63. The zero-order chi connectivity index (χ0) is 26.6. The van der Waals surface area contributed by atoms with Gasteiger partial charge in [0.05, 0.1) is 24.3 Å². The van der Waals surface area contributed by atoms with Gasteiger partial charge in [0.1, 0.15) is 12.1 Å². The molecule has 5 rings (SSSR count). The third-order valence-corrected chi connectivity index (χ3v) is 7.75. The Labute approximate surface area is 217 Å². The van der Waals surface area contributed by atoms with Crippen LogP contribution < -0.4 is 10.2 Å². The first-order valence-electron chi connectivity index (χ1n) is 13.0. The zero-order valence-electron chi connectivity index (χ0n) is 22.1. The van der Waals surface area contributed by atoms with E-state index in [1.54, 1.807) is 16.6 Å². The van der Waals surface area contributed by atoms with Gasteiger partial charge >= 0.3 is 0 Å². The molecule has 10 nitrogen and oxygen atoms in total. The number of carbonyl (C=O) groups is 3. The summed E-state index contributed by atoms with van der Waals surface area (Å²) in [7, 11) is 1.76. The van der Waals surface area contributed by atoms with E-state index in [1.807, 2.05) is 52.1 Å². The first kappa shape index (κ1) is 25.4. The summed E-state index contributed by atoms with van der Waals surface area (Å²) in [5.74, 6) is -0.0991. The van der Waals surface area contributed by atoms with Crippen LogP contribution in [-0.4, -0.2) is 68.5 Å². The minimum Gasteiger partial charge on any atom is -0.391 e. The fourth-order valence-corrected chi connectivity index (χ4v) is 5.48. The van der Waals surface area contributed by atoms with E-state index in [0.29, 0.717) is 12.3 Å². The Bertz CT molecular complexity index is 1230. The van der Waals surface area contributed by atoms with Gasteiger partial charge < -0.3 is 20.2 Å². The minimum atomic E-state index is -0.789. The number of aliphatic hydroxyl groups excluding tert-OH is 1. The SMILES string of the molecule is CC(NC(=O)[C@H]1C[C@H](O)CN1C(=O)[C@H](n1cc(C2CC2)nn1)C(C)(C)C)c1ccc2c(c1)CC(=O)N2C. The molecule has 0 radical (unpaired) electrons. The molecule has 2 aliphatic heterocycles. The number of aromatic nitrogens is 3. The van der Waals surface area contributed by atoms with Crippen LogP contribution in [0.3, 0.4) is 0 Å². The van der Waals surface area contributed by atoms with Gasteiger partial charge in [0.15, 0.2) is 0 Å². The Balaban J connectivity index is 1.33. The number of nitrogens with one attached hydrogen (secondary N) is 1. The van der Waals surface area contributed by atoms with E-state index in [1.165, 1.54) is 4.90 Å². The lowest BCUT2D eigenvalue weighted by Crippen LogP contribution is -2.50. The molecule has 3 heterocycles. The number of β-amino-alcohol motifs (C(OH)–C–C–N with tert-alkyl or cyclic N) is 1. The van der Waals surface area contributed by atoms with Crippen molar-refractivity contribution < 1.29 is 19.5 Å². The largest absolute Gasteiger partial charge is 0.391 e. The number of hydrogen-bond acceptors (Lipinski definition) is 6. The average molecular weight is 509 g/mol. The number of fused-ring (bicyclic) bond motifs is 1. The maximum atomic E-state index is 13.9. The first-order chi connectivity index (χ1) is 17.4. The second-order valence-corrected chi connectivity index (χ2v) is 11.8. The van der Waals surface area contributed by atoms with E-state index >= 15 is 0 Å². The Kier molecular flexibility index (Phi) is 6.34. The summed E-state index contributed by atoms with van der Waals surface area (Å²) in [6.07, 6.45) is 3.76. The lowest BCUT2D eigenvalue weighted by Gasteiger charge is -2.34. The van der Waals surface area contributed by atoms with E-state index in [-0.39, 0.29) is 36.7 Å². The van der Waals surface area contributed by atoms with Crippen LogP contribution in [0.4, 0.5) is 5.69 Å². The fraction of sp³-hybridized carbons (Fsp3) is 0.593. The van der Waals surface area contributed by atoms with Gasteiger partial charge in [0.25, 0.3) is 0 Å². The number of benzene rings is 1. The van der Waals surface area contributed by atoms with Crippen LogP contribution in [-0.2, 0) is 20.8 Å². The van der Waals surface area contributed by atoms with Crippen molar-refractivity contribution in [2.45, 2.75) is 83.5 Å². The molecule has 1 aromatic heterocycles. The van der Waals surface area contributed by atoms with Crippen LogP contribution in [0, 0.1) is 5.41 Å². The van der Waals surface area contributed by atoms with Crippen molar-refractivity contribution in [2.24, 2.45) is 5.41 Å². The first-order valence-corrected chi connectivity index (χ1v) is 13.0. The predicted octanol–water partition coefficient (Wildman–Crippen LogP) is 2.10. The van der Waals surface area contributed by atoms with E-state index in [2.05, 4.69) is 15.6 Å². The van der Waals surface area contributed by atoms with Gasteiger partial charge in [-0.25, -0.2) is 4.68 Å². The Morgan fingerprint density at radius 3 is 2.62 bits per heavy atom. The number of likely N-dealkylation sites (tertiary alicyclic amines) is 1. The maximum absolute atomic E-state index is 13.9. The summed E-state index contributed by atoms with van der Waals surface area (Å²) in [6, 6.07) is 3.98. The molecule has 1 saturated heterocycles. The lowest BCUT2D eigenvalue weighted by molar-refractivity contribution is -0.144. The van der Waals surface area contributed by atoms with Gasteiger partial charge in [-0.05, 0) is 42.4 Å². The molecule has 198 valence electrons. The summed E-state index contributed by atoms with van der Waals surface area (Å²) in [4.78, 5) is 42.5. The van der Waals surface area contributed by atoms with E-state index in [0.717, 1.165) is 35.3 Å². The molecule has 10 heteroatoms. The van der Waals surface area contributed by atoms with Crippen molar-refractivity contribution in [3.05, 3.63) is 41.2 Å². The highest BCUT2D eigenvalue weighted by Gasteiger charge is 2.45. The molecule has 1 aliphatic carbocycles. The molecule has 0 spiro atoms. The quantitative estimate of drug-likeness (QED) is 0.617. The summed E-state index contributed by atoms with van der Waals surface area (Å²) in [5, 5.41) is 22.1. The third kappa shape index (κ3) is 4.86. The van der Waals surface area contributed by atoms with Crippen molar-refractivity contribution >= 4 is 23.4 Å². The van der Waals surface area contributed by atoms with Gasteiger partial charge in [-0.2, -0.15) is 0 Å². The van der Waals surface area contributed by atoms with Gasteiger partial charge in [0.2, 0.25) is 17.7 Å². The highest BCUT2D eigenvalue weighted by atomic mass is 16.3. The maximum Gasteiger partial charge on any atom is 0.248 e. The molecule has 3 amide bonds. The Hall–Kier alpha value is -3.27. The molecular weight excluding hydrogens is 472 g/mol. The molecule has 1 unspecified atom stereocenters. The molecule has 2 fully saturated rings. The number of hydrogen-bond donors (Lipinski definition) is 2. The molecule has 4 atom stereocenters. The van der Waals surface area contributed by atoms with E-state index in [4.69, 9.17) is 0 Å². The molecule has 1 aromatic carbocycles. The van der Waals surface area contributed by atoms with Crippen molar-refractivity contribution in [3.63, 3.8) is 0 Å². The van der Waals surface area contributed by atoms with Crippen LogP contribution in [0.2, 0.25) is 0 Å². The van der Waals surface area contributed by atoms with Crippen LogP contribution in [0.1, 0.15) is 81.8 Å². The van der Waals surface area contributed by atoms with E-state index in [9.17, 15) is 19.5 Å². The molecule has 0 bridgehead atoms. The second kappa shape index (κ2) is 9.24. The minimum absolute atomic E-state index is 0.0444. The molecule has 3 aliphatic rings. The van der Waals surface area contributed by atoms with Crippen LogP contribution in [0.5, 0.6) is 0 Å². The Morgan fingerprint density at radius 2 is 1.95 bits per heavy atom. The molecular formula is C27H36N6O4. The van der Waals surface area contributed by atoms with Crippen LogP contribution in [0.25, 0.3) is 0 Å². The highest BCUT2D eigenvalue weighted by molar-refractivity contribution is 6.01. The number of aliphatic hydroxyl groups is 1. The van der Waals surface area contributed by atoms with Gasteiger partial charge in [-0.1, -0.05) is 38.1 Å². The predicted molar refractivity (Wildman–Crippen MR) is 137 cm³/mol. The number of amides is 3. The van der Waals surface area contributed by atoms with Crippen molar-refractivity contribution in [3.8, 4) is 0 Å². The van der Waals surface area contributed by atoms with Gasteiger partial charge in [0, 0.05) is 37.8 Å². The van der Waals surface area contributed by atoms with Gasteiger partial charge in [-0.15, -0.1) is 5.10 Å². The molecule has 37 heavy (non-hydrogen) atoms. The van der Waals surface area contributed by atoms with E-state index < -0.39 is 23.6 Å². The van der Waals surface area contributed by atoms with Crippen molar-refractivity contribution in [2.75, 3.05) is 18.5 Å². The summed E-state index contributed by atoms with van der Waals surface area (Å²) in [6.45, 7) is 7.87. The third-order valence-electron chi connectivity index (χ3n) is 7.75. The lowest BCUT2D eigenvalue weighted by atomic mass is 9.85. The van der Waals surface area contributed by atoms with Crippen molar-refractivity contribution in [1.82, 2.24) is 25.2 Å². The van der Waals surface area contributed by atoms with Crippen LogP contribution in [0.15, 0.2) is 24.4 Å². The topological polar surface area (TPSA) is 121 Å². The molecule has 1 saturated carbocycles. The molecule has 2 N–H and O–H groups in total. The zero-order valence-corrected chi connectivity index (χ0v) is 22.1. The van der Waals surface area contributed by atoms with Gasteiger partial charge in [-0.3, -0.25) is 14.4 Å². The smallest absolute Gasteiger partial charge is 0.248 e. The number of nitrogens with zero attached hydrogens (tertiary/aromatic N) is 5. The normalized spacial score (nSPS) is 23.2. The summed E-state index contributed by atoms with van der Waals surface area (Å²) in [5.41, 5.74) is 3.12.